The van der Waals surface area contributed by atoms with Crippen LogP contribution in [-0.4, -0.2) is 37.2 Å². The quantitative estimate of drug-likeness (QED) is 0.0261. The molecule has 0 heterocycles. The first-order valence-corrected chi connectivity index (χ1v) is 32.3. The Morgan fingerprint density at radius 3 is 0.764 bits per heavy atom. The number of unbranched alkanes of at least 4 members (excludes halogenated alkanes) is 45. The standard InChI is InChI=1S/C66H124O6/c1-4-7-10-13-16-18-20-22-24-26-28-30-31-32-33-34-35-37-38-40-42-44-46-48-50-53-56-59-65(68)71-62-63(61-70-64(67)58-55-52-15-12-9-6-3)72-66(69)60-57-54-51-49-47-45-43-41-39-36-29-27-25-23-21-19-17-14-11-8-5-2/h20,22,26,28,63H,4-19,21,23-25,27,29-62H2,1-3H3/b22-20-,28-26-. The van der Waals surface area contributed by atoms with Gasteiger partial charge in [-0.1, -0.05) is 315 Å². The van der Waals surface area contributed by atoms with Gasteiger partial charge in [-0.25, -0.2) is 0 Å². The Morgan fingerprint density at radius 1 is 0.278 bits per heavy atom. The van der Waals surface area contributed by atoms with E-state index in [0.29, 0.717) is 19.3 Å². The van der Waals surface area contributed by atoms with Crippen LogP contribution in [0.15, 0.2) is 24.3 Å². The minimum absolute atomic E-state index is 0.0657. The number of allylic oxidation sites excluding steroid dienone is 4. The molecule has 0 aromatic heterocycles. The van der Waals surface area contributed by atoms with Crippen LogP contribution in [0.3, 0.4) is 0 Å². The maximum absolute atomic E-state index is 12.8. The number of hydrogen-bond acceptors (Lipinski definition) is 6. The highest BCUT2D eigenvalue weighted by molar-refractivity contribution is 5.71. The minimum atomic E-state index is -0.764. The molecule has 0 saturated carbocycles. The smallest absolute Gasteiger partial charge is 0.306 e. The van der Waals surface area contributed by atoms with Crippen LogP contribution < -0.4 is 0 Å². The fourth-order valence-electron chi connectivity index (χ4n) is 9.83. The predicted molar refractivity (Wildman–Crippen MR) is 312 cm³/mol. The Balaban J connectivity index is 4.01. The second-order valence-corrected chi connectivity index (χ2v) is 22.0. The van der Waals surface area contributed by atoms with Gasteiger partial charge in [0.15, 0.2) is 6.10 Å². The monoisotopic (exact) mass is 1010 g/mol. The van der Waals surface area contributed by atoms with Crippen molar-refractivity contribution < 1.29 is 28.6 Å². The molecule has 1 atom stereocenters. The van der Waals surface area contributed by atoms with Gasteiger partial charge in [0, 0.05) is 19.3 Å². The number of carbonyl (C=O) groups excluding carboxylic acids is 3. The van der Waals surface area contributed by atoms with Gasteiger partial charge < -0.3 is 14.2 Å². The normalized spacial score (nSPS) is 12.1. The highest BCUT2D eigenvalue weighted by Gasteiger charge is 2.19. The highest BCUT2D eigenvalue weighted by atomic mass is 16.6. The summed E-state index contributed by atoms with van der Waals surface area (Å²) in [5.74, 6) is -0.850. The number of esters is 3. The van der Waals surface area contributed by atoms with Crippen molar-refractivity contribution in [1.29, 1.82) is 0 Å². The lowest BCUT2D eigenvalue weighted by Crippen LogP contribution is -2.30. The van der Waals surface area contributed by atoms with Gasteiger partial charge in [0.05, 0.1) is 0 Å². The number of ether oxygens (including phenoxy) is 3. The first kappa shape index (κ1) is 69.9. The van der Waals surface area contributed by atoms with Crippen molar-refractivity contribution in [2.75, 3.05) is 13.2 Å². The second kappa shape index (κ2) is 61.4. The molecule has 0 aliphatic heterocycles. The summed E-state index contributed by atoms with van der Waals surface area (Å²) in [6.45, 7) is 6.63. The Kier molecular flexibility index (Phi) is 59.6. The Labute approximate surface area is 449 Å². The van der Waals surface area contributed by atoms with Crippen molar-refractivity contribution in [3.63, 3.8) is 0 Å². The van der Waals surface area contributed by atoms with Gasteiger partial charge in [-0.2, -0.15) is 0 Å². The van der Waals surface area contributed by atoms with E-state index in [4.69, 9.17) is 14.2 Å². The number of hydrogen-bond donors (Lipinski definition) is 0. The van der Waals surface area contributed by atoms with Gasteiger partial charge in [-0.05, 0) is 51.4 Å². The van der Waals surface area contributed by atoms with Gasteiger partial charge in [-0.15, -0.1) is 0 Å². The molecule has 0 aliphatic rings. The Morgan fingerprint density at radius 2 is 0.500 bits per heavy atom. The zero-order valence-electron chi connectivity index (χ0n) is 48.7. The van der Waals surface area contributed by atoms with E-state index < -0.39 is 6.10 Å². The third kappa shape index (κ3) is 58.8. The average Bonchev–Trinajstić information content (AvgIpc) is 3.38. The van der Waals surface area contributed by atoms with Gasteiger partial charge in [0.2, 0.25) is 0 Å². The Hall–Kier alpha value is -2.11. The summed E-state index contributed by atoms with van der Waals surface area (Å²) in [5, 5.41) is 0. The van der Waals surface area contributed by atoms with Crippen molar-refractivity contribution in [3.05, 3.63) is 24.3 Å². The van der Waals surface area contributed by atoms with E-state index in [-0.39, 0.29) is 31.1 Å². The third-order valence-electron chi connectivity index (χ3n) is 14.7. The summed E-state index contributed by atoms with van der Waals surface area (Å²) in [5.41, 5.74) is 0. The molecule has 72 heavy (non-hydrogen) atoms. The van der Waals surface area contributed by atoms with Crippen molar-refractivity contribution in [1.82, 2.24) is 0 Å². The molecular weight excluding hydrogens is 889 g/mol. The molecular formula is C66H124O6. The van der Waals surface area contributed by atoms with E-state index in [9.17, 15) is 14.4 Å². The zero-order valence-corrected chi connectivity index (χ0v) is 48.7. The van der Waals surface area contributed by atoms with E-state index >= 15 is 0 Å². The Bertz CT molecular complexity index is 1160. The summed E-state index contributed by atoms with van der Waals surface area (Å²) in [4.78, 5) is 38.0. The van der Waals surface area contributed by atoms with Crippen LogP contribution in [0.25, 0.3) is 0 Å². The molecule has 0 N–H and O–H groups in total. The van der Waals surface area contributed by atoms with E-state index in [0.717, 1.165) is 64.2 Å². The molecule has 0 radical (unpaired) electrons. The van der Waals surface area contributed by atoms with Crippen molar-refractivity contribution in [2.45, 2.75) is 367 Å². The van der Waals surface area contributed by atoms with E-state index in [1.165, 1.54) is 257 Å². The molecule has 6 heteroatoms. The molecule has 0 aromatic rings. The van der Waals surface area contributed by atoms with E-state index in [1.54, 1.807) is 0 Å². The van der Waals surface area contributed by atoms with Crippen molar-refractivity contribution in [3.8, 4) is 0 Å². The van der Waals surface area contributed by atoms with Crippen LogP contribution in [0.1, 0.15) is 361 Å². The van der Waals surface area contributed by atoms with E-state index in [2.05, 4.69) is 45.1 Å². The van der Waals surface area contributed by atoms with Crippen LogP contribution in [-0.2, 0) is 28.6 Å². The van der Waals surface area contributed by atoms with E-state index in [1.807, 2.05) is 0 Å². The molecule has 0 saturated heterocycles. The first-order chi connectivity index (χ1) is 35.5. The molecule has 6 nitrogen and oxygen atoms in total. The molecule has 0 spiro atoms. The predicted octanol–water partition coefficient (Wildman–Crippen LogP) is 21.8. The SMILES string of the molecule is CCCCCCC/C=C\C/C=C\CCCCCCCCCCCCCCCCCC(=O)OCC(COC(=O)CCCCCCCC)OC(=O)CCCCCCCCCCCCCCCCCCCCCCC. The third-order valence-corrected chi connectivity index (χ3v) is 14.7. The largest absolute Gasteiger partial charge is 0.462 e. The lowest BCUT2D eigenvalue weighted by Gasteiger charge is -2.18. The van der Waals surface area contributed by atoms with Gasteiger partial charge in [0.1, 0.15) is 13.2 Å². The van der Waals surface area contributed by atoms with Crippen LogP contribution >= 0.6 is 0 Å². The highest BCUT2D eigenvalue weighted by Crippen LogP contribution is 2.18. The first-order valence-electron chi connectivity index (χ1n) is 32.3. The second-order valence-electron chi connectivity index (χ2n) is 22.0. The fraction of sp³-hybridized carbons (Fsp3) is 0.894. The lowest BCUT2D eigenvalue weighted by atomic mass is 10.0. The summed E-state index contributed by atoms with van der Waals surface area (Å²) in [6, 6.07) is 0. The minimum Gasteiger partial charge on any atom is -0.462 e. The molecule has 0 aliphatic carbocycles. The van der Waals surface area contributed by atoms with Gasteiger partial charge >= 0.3 is 17.9 Å². The van der Waals surface area contributed by atoms with Crippen LogP contribution in [0.5, 0.6) is 0 Å². The van der Waals surface area contributed by atoms with Gasteiger partial charge in [-0.3, -0.25) is 14.4 Å². The molecule has 1 unspecified atom stereocenters. The summed E-state index contributed by atoms with van der Waals surface area (Å²) < 4.78 is 16.8. The topological polar surface area (TPSA) is 78.9 Å². The van der Waals surface area contributed by atoms with Gasteiger partial charge in [0.25, 0.3) is 0 Å². The van der Waals surface area contributed by atoms with Crippen LogP contribution in [0.2, 0.25) is 0 Å². The van der Waals surface area contributed by atoms with Crippen LogP contribution in [0, 0.1) is 0 Å². The lowest BCUT2D eigenvalue weighted by molar-refractivity contribution is -0.167. The molecule has 0 bridgehead atoms. The van der Waals surface area contributed by atoms with Crippen LogP contribution in [0.4, 0.5) is 0 Å². The molecule has 0 aromatic carbocycles. The molecule has 0 amide bonds. The molecule has 0 rings (SSSR count). The zero-order chi connectivity index (χ0) is 52.2. The molecule has 0 fully saturated rings. The maximum Gasteiger partial charge on any atom is 0.306 e. The summed E-state index contributed by atoms with van der Waals surface area (Å²) in [7, 11) is 0. The summed E-state index contributed by atoms with van der Waals surface area (Å²) >= 11 is 0. The average molecular weight is 1010 g/mol. The summed E-state index contributed by atoms with van der Waals surface area (Å²) in [6.07, 6.45) is 73.7. The maximum atomic E-state index is 12.8. The molecule has 424 valence electrons. The fourth-order valence-corrected chi connectivity index (χ4v) is 9.83. The number of carbonyl (C=O) groups is 3. The van der Waals surface area contributed by atoms with Crippen molar-refractivity contribution >= 4 is 17.9 Å². The number of rotatable bonds is 60. The van der Waals surface area contributed by atoms with Crippen molar-refractivity contribution in [2.24, 2.45) is 0 Å².